The average molecular weight is 335 g/mol. The van der Waals surface area contributed by atoms with E-state index in [1.54, 1.807) is 39.2 Å². The number of nitrogens with one attached hydrogen (secondary N) is 1. The van der Waals surface area contributed by atoms with Crippen molar-refractivity contribution >= 4 is 15.7 Å². The van der Waals surface area contributed by atoms with E-state index in [0.29, 0.717) is 16.9 Å². The van der Waals surface area contributed by atoms with Gasteiger partial charge >= 0.3 is 0 Å². The van der Waals surface area contributed by atoms with E-state index in [1.807, 2.05) is 13.8 Å². The first-order valence-electron chi connectivity index (χ1n) is 7.14. The van der Waals surface area contributed by atoms with Crippen LogP contribution in [0, 0.1) is 27.7 Å². The van der Waals surface area contributed by atoms with Crippen LogP contribution in [0.25, 0.3) is 0 Å². The molecule has 0 radical (unpaired) electrons. The zero-order chi connectivity index (χ0) is 17.4. The monoisotopic (exact) mass is 335 g/mol. The highest BCUT2D eigenvalue weighted by atomic mass is 32.2. The number of ether oxygens (including phenoxy) is 1. The molecule has 23 heavy (non-hydrogen) atoms. The molecule has 0 saturated carbocycles. The van der Waals surface area contributed by atoms with Crippen LogP contribution >= 0.6 is 0 Å². The first-order chi connectivity index (χ1) is 10.7. The van der Waals surface area contributed by atoms with E-state index in [0.717, 1.165) is 11.1 Å². The van der Waals surface area contributed by atoms with Crippen LogP contribution in [0.5, 0.6) is 11.5 Å². The Labute approximate surface area is 137 Å². The first kappa shape index (κ1) is 17.1. The minimum absolute atomic E-state index is 0.111. The Bertz CT molecular complexity index is 857. The van der Waals surface area contributed by atoms with Gasteiger partial charge in [0.05, 0.1) is 17.7 Å². The van der Waals surface area contributed by atoms with Crippen molar-refractivity contribution in [2.75, 3.05) is 11.8 Å². The number of hydrogen-bond acceptors (Lipinski definition) is 4. The summed E-state index contributed by atoms with van der Waals surface area (Å²) in [5.74, 6) is 0.539. The quantitative estimate of drug-likeness (QED) is 0.839. The fraction of sp³-hybridized carbons (Fsp3) is 0.294. The molecule has 6 heteroatoms. The largest absolute Gasteiger partial charge is 0.506 e. The van der Waals surface area contributed by atoms with Crippen molar-refractivity contribution in [1.29, 1.82) is 0 Å². The number of aryl methyl sites for hydroxylation is 2. The van der Waals surface area contributed by atoms with Gasteiger partial charge in [0.25, 0.3) is 10.0 Å². The molecule has 0 aliphatic carbocycles. The second kappa shape index (κ2) is 6.12. The third-order valence-electron chi connectivity index (χ3n) is 3.86. The minimum atomic E-state index is -3.83. The summed E-state index contributed by atoms with van der Waals surface area (Å²) in [6.45, 7) is 7.11. The van der Waals surface area contributed by atoms with Crippen molar-refractivity contribution in [2.45, 2.75) is 32.6 Å². The lowest BCUT2D eigenvalue weighted by molar-refractivity contribution is 0.410. The van der Waals surface area contributed by atoms with Crippen LogP contribution in [-0.2, 0) is 10.0 Å². The zero-order valence-electron chi connectivity index (χ0n) is 13.9. The summed E-state index contributed by atoms with van der Waals surface area (Å²) < 4.78 is 33.3. The van der Waals surface area contributed by atoms with Gasteiger partial charge in [-0.05, 0) is 68.1 Å². The van der Waals surface area contributed by atoms with E-state index in [4.69, 9.17) is 4.74 Å². The van der Waals surface area contributed by atoms with E-state index < -0.39 is 10.0 Å². The SMILES string of the molecule is COc1cc(C)c(S(=O)(=O)Nc2cc(C)ccc2O)c(C)c1C. The molecule has 0 aromatic heterocycles. The van der Waals surface area contributed by atoms with Crippen molar-refractivity contribution in [2.24, 2.45) is 0 Å². The third kappa shape index (κ3) is 3.27. The van der Waals surface area contributed by atoms with Gasteiger partial charge in [-0.1, -0.05) is 6.07 Å². The fourth-order valence-electron chi connectivity index (χ4n) is 2.57. The van der Waals surface area contributed by atoms with E-state index in [1.165, 1.54) is 6.07 Å². The molecular weight excluding hydrogens is 314 g/mol. The number of benzene rings is 2. The van der Waals surface area contributed by atoms with Gasteiger partial charge in [-0.3, -0.25) is 4.72 Å². The van der Waals surface area contributed by atoms with Crippen LogP contribution in [0.3, 0.4) is 0 Å². The van der Waals surface area contributed by atoms with Gasteiger partial charge in [-0.25, -0.2) is 8.42 Å². The summed E-state index contributed by atoms with van der Waals surface area (Å²) >= 11 is 0. The summed E-state index contributed by atoms with van der Waals surface area (Å²) in [6, 6.07) is 6.47. The number of phenolic OH excluding ortho intramolecular Hbond substituents is 1. The highest BCUT2D eigenvalue weighted by Crippen LogP contribution is 2.33. The second-order valence-electron chi connectivity index (χ2n) is 5.60. The Morgan fingerprint density at radius 2 is 1.70 bits per heavy atom. The van der Waals surface area contributed by atoms with Gasteiger partial charge in [0, 0.05) is 0 Å². The highest BCUT2D eigenvalue weighted by molar-refractivity contribution is 7.92. The van der Waals surface area contributed by atoms with E-state index in [9.17, 15) is 13.5 Å². The van der Waals surface area contributed by atoms with Gasteiger partial charge in [-0.2, -0.15) is 0 Å². The summed E-state index contributed by atoms with van der Waals surface area (Å²) in [7, 11) is -2.27. The lowest BCUT2D eigenvalue weighted by Gasteiger charge is -2.17. The molecule has 2 aromatic carbocycles. The van der Waals surface area contributed by atoms with Gasteiger partial charge in [0.2, 0.25) is 0 Å². The maximum Gasteiger partial charge on any atom is 0.262 e. The summed E-state index contributed by atoms with van der Waals surface area (Å²) in [5, 5.41) is 9.87. The molecule has 0 aliphatic rings. The van der Waals surface area contributed by atoms with Gasteiger partial charge in [0.15, 0.2) is 0 Å². The molecule has 0 fully saturated rings. The van der Waals surface area contributed by atoms with Crippen LogP contribution in [-0.4, -0.2) is 20.6 Å². The molecular formula is C17H21NO4S. The highest BCUT2D eigenvalue weighted by Gasteiger charge is 2.23. The molecule has 2 rings (SSSR count). The predicted molar refractivity (Wildman–Crippen MR) is 90.9 cm³/mol. The molecule has 124 valence electrons. The normalized spacial score (nSPS) is 11.3. The van der Waals surface area contributed by atoms with Crippen LogP contribution in [0.4, 0.5) is 5.69 Å². The van der Waals surface area contributed by atoms with Crippen molar-refractivity contribution < 1.29 is 18.3 Å². The van der Waals surface area contributed by atoms with Gasteiger partial charge in [0.1, 0.15) is 11.5 Å². The van der Waals surface area contributed by atoms with Crippen molar-refractivity contribution in [1.82, 2.24) is 0 Å². The molecule has 0 saturated heterocycles. The van der Waals surface area contributed by atoms with Crippen LogP contribution in [0.1, 0.15) is 22.3 Å². The summed E-state index contributed by atoms with van der Waals surface area (Å²) in [4.78, 5) is 0.205. The number of methoxy groups -OCH3 is 1. The molecule has 0 spiro atoms. The van der Waals surface area contributed by atoms with Crippen molar-refractivity contribution in [3.8, 4) is 11.5 Å². The molecule has 0 aliphatic heterocycles. The second-order valence-corrected chi connectivity index (χ2v) is 7.22. The lowest BCUT2D eigenvalue weighted by Crippen LogP contribution is -2.16. The smallest absolute Gasteiger partial charge is 0.262 e. The average Bonchev–Trinajstić information content (AvgIpc) is 2.46. The third-order valence-corrected chi connectivity index (χ3v) is 5.52. The Morgan fingerprint density at radius 1 is 1.04 bits per heavy atom. The molecule has 5 nitrogen and oxygen atoms in total. The minimum Gasteiger partial charge on any atom is -0.506 e. The van der Waals surface area contributed by atoms with E-state index in [-0.39, 0.29) is 16.3 Å². The van der Waals surface area contributed by atoms with E-state index in [2.05, 4.69) is 4.72 Å². The van der Waals surface area contributed by atoms with Crippen LogP contribution < -0.4 is 9.46 Å². The van der Waals surface area contributed by atoms with Crippen LogP contribution in [0.2, 0.25) is 0 Å². The van der Waals surface area contributed by atoms with Gasteiger partial charge < -0.3 is 9.84 Å². The fourth-order valence-corrected chi connectivity index (χ4v) is 4.17. The first-order valence-corrected chi connectivity index (χ1v) is 8.63. The number of anilines is 1. The molecule has 0 unspecified atom stereocenters. The standard InChI is InChI=1S/C17H21NO4S/c1-10-6-7-15(19)14(8-10)18-23(20,21)17-11(2)9-16(22-5)12(3)13(17)4/h6-9,18-19H,1-5H3. The summed E-state index contributed by atoms with van der Waals surface area (Å²) in [6.07, 6.45) is 0. The Morgan fingerprint density at radius 3 is 2.30 bits per heavy atom. The maximum absolute atomic E-state index is 12.8. The topological polar surface area (TPSA) is 75.6 Å². The van der Waals surface area contributed by atoms with Gasteiger partial charge in [-0.15, -0.1) is 0 Å². The molecule has 0 amide bonds. The number of phenols is 1. The zero-order valence-corrected chi connectivity index (χ0v) is 14.7. The molecule has 0 bridgehead atoms. The molecule has 0 heterocycles. The Hall–Kier alpha value is -2.21. The van der Waals surface area contributed by atoms with E-state index >= 15 is 0 Å². The number of sulfonamides is 1. The van der Waals surface area contributed by atoms with Crippen LogP contribution in [0.15, 0.2) is 29.2 Å². The predicted octanol–water partition coefficient (Wildman–Crippen LogP) is 3.44. The van der Waals surface area contributed by atoms with Crippen molar-refractivity contribution in [3.63, 3.8) is 0 Å². The molecule has 0 atom stereocenters. The van der Waals surface area contributed by atoms with Crippen molar-refractivity contribution in [3.05, 3.63) is 46.5 Å². The number of aromatic hydroxyl groups is 1. The maximum atomic E-state index is 12.8. The lowest BCUT2D eigenvalue weighted by atomic mass is 10.1. The summed E-state index contributed by atoms with van der Waals surface area (Å²) in [5.41, 5.74) is 3.00. The molecule has 2 aromatic rings. The Kier molecular flexibility index (Phi) is 4.56. The molecule has 2 N–H and O–H groups in total. The Balaban J connectivity index is 2.57. The number of rotatable bonds is 4. The number of hydrogen-bond donors (Lipinski definition) is 2.